The SMILES string of the molecule is CCc1cc(-c2ccc(N)nc2C)cc2cnc(NC3CCC(N)CC3)nc12. The normalized spacial score (nSPS) is 19.7. The Kier molecular flexibility index (Phi) is 5.13. The summed E-state index contributed by atoms with van der Waals surface area (Å²) < 4.78 is 0. The summed E-state index contributed by atoms with van der Waals surface area (Å²) in [5.41, 5.74) is 17.2. The summed E-state index contributed by atoms with van der Waals surface area (Å²) in [5, 5.41) is 4.55. The van der Waals surface area contributed by atoms with E-state index in [0.29, 0.717) is 23.8 Å². The Morgan fingerprint density at radius 1 is 1.11 bits per heavy atom. The van der Waals surface area contributed by atoms with Gasteiger partial charge in [0.2, 0.25) is 5.95 Å². The average molecular weight is 377 g/mol. The zero-order valence-corrected chi connectivity index (χ0v) is 16.6. The third-order valence-corrected chi connectivity index (χ3v) is 5.67. The van der Waals surface area contributed by atoms with Crippen LogP contribution in [0.15, 0.2) is 30.5 Å². The fourth-order valence-electron chi connectivity index (χ4n) is 4.05. The first-order valence-electron chi connectivity index (χ1n) is 10.1. The predicted octanol–water partition coefficient (Wildman–Crippen LogP) is 3.83. The van der Waals surface area contributed by atoms with Crippen LogP contribution in [-0.4, -0.2) is 27.0 Å². The first-order valence-corrected chi connectivity index (χ1v) is 10.1. The van der Waals surface area contributed by atoms with Crippen molar-refractivity contribution in [1.82, 2.24) is 15.0 Å². The van der Waals surface area contributed by atoms with E-state index in [9.17, 15) is 0 Å². The maximum absolute atomic E-state index is 6.01. The lowest BCUT2D eigenvalue weighted by molar-refractivity contribution is 0.410. The van der Waals surface area contributed by atoms with Crippen molar-refractivity contribution in [2.75, 3.05) is 11.1 Å². The topological polar surface area (TPSA) is 103 Å². The maximum Gasteiger partial charge on any atom is 0.223 e. The average Bonchev–Trinajstić information content (AvgIpc) is 2.69. The number of aryl methyl sites for hydroxylation is 2. The Bertz CT molecular complexity index is 992. The number of nitrogens with zero attached hydrogens (tertiary/aromatic N) is 3. The summed E-state index contributed by atoms with van der Waals surface area (Å²) in [4.78, 5) is 13.8. The Morgan fingerprint density at radius 3 is 2.61 bits per heavy atom. The Morgan fingerprint density at radius 2 is 1.89 bits per heavy atom. The van der Waals surface area contributed by atoms with Gasteiger partial charge in [-0.25, -0.2) is 15.0 Å². The van der Waals surface area contributed by atoms with Gasteiger partial charge in [-0.2, -0.15) is 0 Å². The lowest BCUT2D eigenvalue weighted by atomic mass is 9.92. The van der Waals surface area contributed by atoms with E-state index in [1.54, 1.807) is 0 Å². The summed E-state index contributed by atoms with van der Waals surface area (Å²) in [5.74, 6) is 1.25. The highest BCUT2D eigenvalue weighted by Crippen LogP contribution is 2.30. The van der Waals surface area contributed by atoms with Crippen LogP contribution in [-0.2, 0) is 6.42 Å². The molecule has 0 atom stereocenters. The van der Waals surface area contributed by atoms with Crippen molar-refractivity contribution in [2.45, 2.75) is 58.0 Å². The fraction of sp³-hybridized carbons (Fsp3) is 0.409. The third kappa shape index (κ3) is 3.78. The van der Waals surface area contributed by atoms with Gasteiger partial charge in [0.15, 0.2) is 0 Å². The molecule has 2 heterocycles. The number of fused-ring (bicyclic) bond motifs is 1. The highest BCUT2D eigenvalue weighted by Gasteiger charge is 2.19. The molecule has 5 N–H and O–H groups in total. The number of benzene rings is 1. The van der Waals surface area contributed by atoms with Gasteiger partial charge < -0.3 is 16.8 Å². The van der Waals surface area contributed by atoms with Gasteiger partial charge in [-0.05, 0) is 74.4 Å². The van der Waals surface area contributed by atoms with Gasteiger partial charge in [-0.15, -0.1) is 0 Å². The van der Waals surface area contributed by atoms with Crippen molar-refractivity contribution < 1.29 is 0 Å². The lowest BCUT2D eigenvalue weighted by Crippen LogP contribution is -2.33. The van der Waals surface area contributed by atoms with Crippen LogP contribution >= 0.6 is 0 Å². The molecule has 0 aliphatic heterocycles. The lowest BCUT2D eigenvalue weighted by Gasteiger charge is -2.26. The van der Waals surface area contributed by atoms with Gasteiger partial charge in [-0.1, -0.05) is 6.92 Å². The molecule has 1 saturated carbocycles. The van der Waals surface area contributed by atoms with Gasteiger partial charge in [0, 0.05) is 34.9 Å². The Balaban J connectivity index is 1.68. The van der Waals surface area contributed by atoms with Gasteiger partial charge in [0.1, 0.15) is 5.82 Å². The molecular weight excluding hydrogens is 348 g/mol. The van der Waals surface area contributed by atoms with Crippen LogP contribution in [0.5, 0.6) is 0 Å². The maximum atomic E-state index is 6.01. The number of hydrogen-bond acceptors (Lipinski definition) is 6. The van der Waals surface area contributed by atoms with E-state index >= 15 is 0 Å². The predicted molar refractivity (Wildman–Crippen MR) is 115 cm³/mol. The zero-order valence-electron chi connectivity index (χ0n) is 16.6. The van der Waals surface area contributed by atoms with Crippen molar-refractivity contribution in [1.29, 1.82) is 0 Å². The number of rotatable bonds is 4. The third-order valence-electron chi connectivity index (χ3n) is 5.67. The highest BCUT2D eigenvalue weighted by molar-refractivity contribution is 5.88. The van der Waals surface area contributed by atoms with Crippen molar-refractivity contribution in [2.24, 2.45) is 5.73 Å². The highest BCUT2D eigenvalue weighted by atomic mass is 15.1. The first-order chi connectivity index (χ1) is 13.5. The molecule has 0 spiro atoms. The first kappa shape index (κ1) is 18.6. The largest absolute Gasteiger partial charge is 0.384 e. The molecule has 0 saturated heterocycles. The van der Waals surface area contributed by atoms with Crippen molar-refractivity contribution in [3.05, 3.63) is 41.7 Å². The van der Waals surface area contributed by atoms with Crippen molar-refractivity contribution >= 4 is 22.7 Å². The molecule has 146 valence electrons. The molecule has 1 aliphatic rings. The van der Waals surface area contributed by atoms with E-state index in [1.807, 2.05) is 25.3 Å². The minimum Gasteiger partial charge on any atom is -0.384 e. The van der Waals surface area contributed by atoms with Crippen LogP contribution in [0.1, 0.15) is 43.9 Å². The van der Waals surface area contributed by atoms with Crippen LogP contribution < -0.4 is 16.8 Å². The van der Waals surface area contributed by atoms with Crippen LogP contribution in [0.4, 0.5) is 11.8 Å². The summed E-state index contributed by atoms with van der Waals surface area (Å²) in [6.07, 6.45) is 7.09. The number of nitrogen functional groups attached to an aromatic ring is 1. The molecule has 0 unspecified atom stereocenters. The molecule has 0 radical (unpaired) electrons. The van der Waals surface area contributed by atoms with Gasteiger partial charge in [0.25, 0.3) is 0 Å². The Labute approximate surface area is 165 Å². The molecule has 6 nitrogen and oxygen atoms in total. The van der Waals surface area contributed by atoms with Gasteiger partial charge >= 0.3 is 0 Å². The molecule has 2 aromatic heterocycles. The number of hydrogen-bond donors (Lipinski definition) is 3. The minimum atomic E-state index is 0.340. The second-order valence-electron chi connectivity index (χ2n) is 7.75. The van der Waals surface area contributed by atoms with Gasteiger partial charge in [0.05, 0.1) is 5.52 Å². The van der Waals surface area contributed by atoms with E-state index < -0.39 is 0 Å². The van der Waals surface area contributed by atoms with E-state index in [4.69, 9.17) is 16.5 Å². The molecular formula is C22H28N6. The molecule has 3 aromatic rings. The molecule has 1 aromatic carbocycles. The fourth-order valence-corrected chi connectivity index (χ4v) is 4.05. The smallest absolute Gasteiger partial charge is 0.223 e. The molecule has 28 heavy (non-hydrogen) atoms. The van der Waals surface area contributed by atoms with Crippen LogP contribution in [0.25, 0.3) is 22.0 Å². The number of anilines is 2. The minimum absolute atomic E-state index is 0.340. The number of pyridine rings is 1. The molecule has 0 amide bonds. The Hall–Kier alpha value is -2.73. The van der Waals surface area contributed by atoms with E-state index in [0.717, 1.165) is 59.8 Å². The second kappa shape index (κ2) is 7.72. The van der Waals surface area contributed by atoms with Crippen LogP contribution in [0.3, 0.4) is 0 Å². The van der Waals surface area contributed by atoms with E-state index in [2.05, 4.69) is 34.3 Å². The molecule has 0 bridgehead atoms. The van der Waals surface area contributed by atoms with Crippen LogP contribution in [0, 0.1) is 6.92 Å². The van der Waals surface area contributed by atoms with Crippen molar-refractivity contribution in [3.63, 3.8) is 0 Å². The molecule has 4 rings (SSSR count). The summed E-state index contributed by atoms with van der Waals surface area (Å²) >= 11 is 0. The quantitative estimate of drug-likeness (QED) is 0.639. The van der Waals surface area contributed by atoms with Crippen LogP contribution in [0.2, 0.25) is 0 Å². The summed E-state index contributed by atoms with van der Waals surface area (Å²) in [6, 6.07) is 8.97. The van der Waals surface area contributed by atoms with E-state index in [1.165, 1.54) is 5.56 Å². The molecule has 6 heteroatoms. The number of nitrogens with one attached hydrogen (secondary N) is 1. The van der Waals surface area contributed by atoms with E-state index in [-0.39, 0.29) is 0 Å². The number of aromatic nitrogens is 3. The summed E-state index contributed by atoms with van der Waals surface area (Å²) in [6.45, 7) is 4.14. The monoisotopic (exact) mass is 376 g/mol. The zero-order chi connectivity index (χ0) is 19.7. The molecule has 1 fully saturated rings. The second-order valence-corrected chi connectivity index (χ2v) is 7.75. The van der Waals surface area contributed by atoms with Gasteiger partial charge in [-0.3, -0.25) is 0 Å². The molecule has 1 aliphatic carbocycles. The van der Waals surface area contributed by atoms with Crippen molar-refractivity contribution in [3.8, 4) is 11.1 Å². The standard InChI is InChI=1S/C22H28N6/c1-3-14-10-15(19-8-9-20(24)26-13(19)2)11-16-12-25-22(28-21(14)16)27-18-6-4-17(23)5-7-18/h8-12,17-18H,3-7,23H2,1-2H3,(H2,24,26)(H,25,27,28). The summed E-state index contributed by atoms with van der Waals surface area (Å²) in [7, 11) is 0. The number of nitrogens with two attached hydrogens (primary N) is 2.